The molecule has 1 saturated heterocycles. The fraction of sp³-hybridized carbons (Fsp3) is 0.455. The number of carbonyl (C=O) groups excluding carboxylic acids is 3. The van der Waals surface area contributed by atoms with Gasteiger partial charge in [-0.2, -0.15) is 0 Å². The van der Waals surface area contributed by atoms with Crippen molar-refractivity contribution in [3.05, 3.63) is 52.6 Å². The van der Waals surface area contributed by atoms with E-state index in [0.29, 0.717) is 48.6 Å². The van der Waals surface area contributed by atoms with E-state index in [-0.39, 0.29) is 17.7 Å². The number of nitrogens with one attached hydrogen (secondary N) is 2. The second-order valence-corrected chi connectivity index (χ2v) is 7.69. The Morgan fingerprint density at radius 2 is 2.00 bits per heavy atom. The molecule has 1 aliphatic heterocycles. The zero-order valence-corrected chi connectivity index (χ0v) is 17.7. The number of rotatable bonds is 6. The third-order valence-electron chi connectivity index (χ3n) is 5.63. The van der Waals surface area contributed by atoms with Crippen LogP contribution in [-0.2, 0) is 16.1 Å². The average Bonchev–Trinajstić information content (AvgIpc) is 3.06. The van der Waals surface area contributed by atoms with Gasteiger partial charge >= 0.3 is 5.97 Å². The lowest BCUT2D eigenvalue weighted by atomic mass is 9.93. The predicted molar refractivity (Wildman–Crippen MR) is 111 cm³/mol. The quantitative estimate of drug-likeness (QED) is 0.709. The minimum Gasteiger partial charge on any atom is -0.465 e. The Labute approximate surface area is 176 Å². The molecule has 2 aromatic heterocycles. The molecule has 30 heavy (non-hydrogen) atoms. The molecule has 0 saturated carbocycles. The number of amides is 2. The molecule has 2 N–H and O–H groups in total. The highest BCUT2D eigenvalue weighted by Crippen LogP contribution is 2.25. The van der Waals surface area contributed by atoms with Gasteiger partial charge in [0.05, 0.1) is 12.7 Å². The zero-order chi connectivity index (χ0) is 21.7. The van der Waals surface area contributed by atoms with Gasteiger partial charge in [0.15, 0.2) is 0 Å². The molecule has 3 rings (SSSR count). The monoisotopic (exact) mass is 412 g/mol. The third kappa shape index (κ3) is 4.87. The highest BCUT2D eigenvalue weighted by molar-refractivity contribution is 6.00. The largest absolute Gasteiger partial charge is 0.465 e. The molecule has 2 aromatic rings. The molecule has 0 radical (unpaired) electrons. The maximum absolute atomic E-state index is 12.9. The molecule has 0 aliphatic carbocycles. The first kappa shape index (κ1) is 21.5. The van der Waals surface area contributed by atoms with Crippen LogP contribution in [0.3, 0.4) is 0 Å². The maximum atomic E-state index is 12.9. The van der Waals surface area contributed by atoms with Gasteiger partial charge in [0.25, 0.3) is 5.91 Å². The third-order valence-corrected chi connectivity index (χ3v) is 5.63. The van der Waals surface area contributed by atoms with Crippen molar-refractivity contribution in [2.45, 2.75) is 39.7 Å². The molecule has 0 bridgehead atoms. The van der Waals surface area contributed by atoms with E-state index in [2.05, 4.69) is 15.3 Å². The van der Waals surface area contributed by atoms with Crippen LogP contribution < -0.4 is 5.32 Å². The van der Waals surface area contributed by atoms with Crippen LogP contribution in [0, 0.1) is 19.8 Å². The summed E-state index contributed by atoms with van der Waals surface area (Å²) in [5, 5.41) is 2.93. The summed E-state index contributed by atoms with van der Waals surface area (Å²) >= 11 is 0. The number of esters is 1. The molecule has 0 unspecified atom stereocenters. The van der Waals surface area contributed by atoms with Crippen LogP contribution in [0.5, 0.6) is 0 Å². The van der Waals surface area contributed by atoms with Gasteiger partial charge in [0, 0.05) is 44.1 Å². The summed E-state index contributed by atoms with van der Waals surface area (Å²) in [6.45, 7) is 5.15. The zero-order valence-electron chi connectivity index (χ0n) is 17.7. The van der Waals surface area contributed by atoms with E-state index in [9.17, 15) is 14.4 Å². The van der Waals surface area contributed by atoms with Crippen LogP contribution in [0.4, 0.5) is 0 Å². The molecule has 2 amide bonds. The van der Waals surface area contributed by atoms with Crippen LogP contribution in [0.2, 0.25) is 0 Å². The van der Waals surface area contributed by atoms with Gasteiger partial charge < -0.3 is 19.9 Å². The van der Waals surface area contributed by atoms with Crippen molar-refractivity contribution < 1.29 is 19.1 Å². The van der Waals surface area contributed by atoms with Crippen molar-refractivity contribution in [3.8, 4) is 0 Å². The summed E-state index contributed by atoms with van der Waals surface area (Å²) in [6, 6.07) is 3.77. The lowest BCUT2D eigenvalue weighted by Gasteiger charge is -2.31. The first-order valence-electron chi connectivity index (χ1n) is 10.1. The highest BCUT2D eigenvalue weighted by Gasteiger charge is 2.29. The van der Waals surface area contributed by atoms with Crippen molar-refractivity contribution in [2.75, 3.05) is 20.2 Å². The summed E-state index contributed by atoms with van der Waals surface area (Å²) in [5.74, 6) is -0.302. The van der Waals surface area contributed by atoms with E-state index in [1.54, 1.807) is 31.1 Å². The lowest BCUT2D eigenvalue weighted by Crippen LogP contribution is -2.40. The van der Waals surface area contributed by atoms with E-state index >= 15 is 0 Å². The topological polar surface area (TPSA) is 104 Å². The lowest BCUT2D eigenvalue weighted by molar-refractivity contribution is -0.122. The summed E-state index contributed by atoms with van der Waals surface area (Å²) < 4.78 is 4.81. The molecule has 160 valence electrons. The van der Waals surface area contributed by atoms with Crippen LogP contribution in [-0.4, -0.2) is 52.9 Å². The van der Waals surface area contributed by atoms with Crippen molar-refractivity contribution in [1.82, 2.24) is 20.2 Å². The molecule has 3 heterocycles. The van der Waals surface area contributed by atoms with Gasteiger partial charge in [0.1, 0.15) is 5.69 Å². The fourth-order valence-electron chi connectivity index (χ4n) is 3.91. The number of hydrogen-bond acceptors (Lipinski definition) is 5. The van der Waals surface area contributed by atoms with Crippen molar-refractivity contribution in [3.63, 3.8) is 0 Å². The SMILES string of the molecule is COC(=O)c1c(C)[nH]c(C(=O)N2CCC(CC(=O)NCc3cccnc3)CC2)c1C. The summed E-state index contributed by atoms with van der Waals surface area (Å²) in [4.78, 5) is 46.0. The molecule has 0 atom stereocenters. The number of hydrogen-bond donors (Lipinski definition) is 2. The molecular formula is C22H28N4O4. The van der Waals surface area contributed by atoms with E-state index in [0.717, 1.165) is 18.4 Å². The minimum atomic E-state index is -0.448. The van der Waals surface area contributed by atoms with Crippen molar-refractivity contribution >= 4 is 17.8 Å². The number of piperidine rings is 1. The molecule has 0 spiro atoms. The van der Waals surface area contributed by atoms with E-state index in [1.807, 2.05) is 12.1 Å². The van der Waals surface area contributed by atoms with E-state index in [1.165, 1.54) is 7.11 Å². The molecule has 8 heteroatoms. The van der Waals surface area contributed by atoms with Crippen LogP contribution >= 0.6 is 0 Å². The number of likely N-dealkylation sites (tertiary alicyclic amines) is 1. The average molecular weight is 412 g/mol. The number of methoxy groups -OCH3 is 1. The van der Waals surface area contributed by atoms with Gasteiger partial charge in [0.2, 0.25) is 5.91 Å². The Morgan fingerprint density at radius 3 is 2.63 bits per heavy atom. The Kier molecular flexibility index (Phi) is 6.87. The first-order valence-corrected chi connectivity index (χ1v) is 10.1. The predicted octanol–water partition coefficient (Wildman–Crippen LogP) is 2.37. The minimum absolute atomic E-state index is 0.0159. The number of H-pyrrole nitrogens is 1. The van der Waals surface area contributed by atoms with Crippen LogP contribution in [0.25, 0.3) is 0 Å². The van der Waals surface area contributed by atoms with E-state index in [4.69, 9.17) is 4.74 Å². The number of nitrogens with zero attached hydrogens (tertiary/aromatic N) is 2. The number of aromatic nitrogens is 2. The Morgan fingerprint density at radius 1 is 1.27 bits per heavy atom. The summed E-state index contributed by atoms with van der Waals surface area (Å²) in [7, 11) is 1.33. The van der Waals surface area contributed by atoms with Crippen LogP contribution in [0.1, 0.15) is 56.9 Å². The van der Waals surface area contributed by atoms with Gasteiger partial charge in [-0.15, -0.1) is 0 Å². The number of carbonyl (C=O) groups is 3. The molecular weight excluding hydrogens is 384 g/mol. The normalized spacial score (nSPS) is 14.4. The molecule has 1 aliphatic rings. The highest BCUT2D eigenvalue weighted by atomic mass is 16.5. The van der Waals surface area contributed by atoms with Gasteiger partial charge in [-0.1, -0.05) is 6.07 Å². The molecule has 1 fully saturated rings. The number of pyridine rings is 1. The number of aromatic amines is 1. The second kappa shape index (κ2) is 9.56. The second-order valence-electron chi connectivity index (χ2n) is 7.69. The first-order chi connectivity index (χ1) is 14.4. The Balaban J connectivity index is 1.51. The smallest absolute Gasteiger partial charge is 0.339 e. The van der Waals surface area contributed by atoms with Crippen molar-refractivity contribution in [1.29, 1.82) is 0 Å². The van der Waals surface area contributed by atoms with E-state index < -0.39 is 5.97 Å². The number of aryl methyl sites for hydroxylation is 1. The van der Waals surface area contributed by atoms with Crippen molar-refractivity contribution in [2.24, 2.45) is 5.92 Å². The summed E-state index contributed by atoms with van der Waals surface area (Å²) in [5.41, 5.74) is 3.06. The standard InChI is InChI=1S/C22H28N4O4/c1-14-19(22(29)30-3)15(2)25-20(14)21(28)26-9-6-16(7-10-26)11-18(27)24-13-17-5-4-8-23-12-17/h4-5,8,12,16,25H,6-7,9-11,13H2,1-3H3,(H,24,27). The number of ether oxygens (including phenoxy) is 1. The summed E-state index contributed by atoms with van der Waals surface area (Å²) in [6.07, 6.45) is 5.44. The maximum Gasteiger partial charge on any atom is 0.339 e. The fourth-order valence-corrected chi connectivity index (χ4v) is 3.91. The van der Waals surface area contributed by atoms with Gasteiger partial charge in [-0.3, -0.25) is 14.6 Å². The molecule has 8 nitrogen and oxygen atoms in total. The van der Waals surface area contributed by atoms with Crippen LogP contribution in [0.15, 0.2) is 24.5 Å². The van der Waals surface area contributed by atoms with Gasteiger partial charge in [-0.25, -0.2) is 4.79 Å². The Hall–Kier alpha value is -3.16. The molecule has 0 aromatic carbocycles. The Bertz CT molecular complexity index is 915. The van der Waals surface area contributed by atoms with Gasteiger partial charge in [-0.05, 0) is 49.8 Å².